The molecule has 0 heterocycles. The van der Waals surface area contributed by atoms with E-state index in [4.69, 9.17) is 10.9 Å². The molecule has 13 heavy (non-hydrogen) atoms. The van der Waals surface area contributed by atoms with Crippen molar-refractivity contribution in [1.29, 1.82) is 0 Å². The zero-order valence-corrected chi connectivity index (χ0v) is 6.73. The number of nitrogens with zero attached hydrogens (tertiary/aromatic N) is 1. The molecule has 0 aliphatic rings. The van der Waals surface area contributed by atoms with E-state index >= 15 is 0 Å². The molecule has 0 unspecified atom stereocenters. The second-order valence-electron chi connectivity index (χ2n) is 2.45. The molecule has 1 aromatic carbocycles. The molecule has 6 heteroatoms. The molecule has 0 aliphatic carbocycles. The Bertz CT molecular complexity index is 305. The van der Waals surface area contributed by atoms with Crippen LogP contribution in [0.15, 0.2) is 18.2 Å². The number of nitrogens with one attached hydrogen (secondary N) is 1. The van der Waals surface area contributed by atoms with Gasteiger partial charge in [0.25, 0.3) is 5.69 Å². The van der Waals surface area contributed by atoms with Crippen LogP contribution in [0.5, 0.6) is 0 Å². The Kier molecular flexibility index (Phi) is 2.78. The third kappa shape index (κ3) is 2.14. The van der Waals surface area contributed by atoms with Gasteiger partial charge in [0.15, 0.2) is 0 Å². The van der Waals surface area contributed by atoms with E-state index in [-0.39, 0.29) is 12.3 Å². The van der Waals surface area contributed by atoms with Crippen molar-refractivity contribution in [3.8, 4) is 0 Å². The van der Waals surface area contributed by atoms with Gasteiger partial charge in [-0.05, 0) is 11.6 Å². The lowest BCUT2D eigenvalue weighted by Gasteiger charge is -2.02. The summed E-state index contributed by atoms with van der Waals surface area (Å²) in [7, 11) is 0. The number of nitro groups is 1. The molecule has 4 N–H and O–H groups in total. The second kappa shape index (κ2) is 3.83. The minimum absolute atomic E-state index is 0.0977. The molecule has 0 aliphatic heterocycles. The highest BCUT2D eigenvalue weighted by Gasteiger charge is 2.08. The number of nitrogens with two attached hydrogens (primary N) is 1. The Morgan fingerprint density at radius 3 is 2.69 bits per heavy atom. The SMILES string of the molecule is NNc1cc(CO)cc([N+](=O)[O-])c1. The number of nitrogen functional groups attached to an aromatic ring is 1. The molecule has 0 fully saturated rings. The second-order valence-corrected chi connectivity index (χ2v) is 2.45. The summed E-state index contributed by atoms with van der Waals surface area (Å²) in [6, 6.07) is 4.12. The lowest BCUT2D eigenvalue weighted by molar-refractivity contribution is -0.384. The van der Waals surface area contributed by atoms with Crippen LogP contribution in [0.4, 0.5) is 11.4 Å². The summed E-state index contributed by atoms with van der Waals surface area (Å²) < 4.78 is 0. The minimum Gasteiger partial charge on any atom is -0.392 e. The van der Waals surface area contributed by atoms with Gasteiger partial charge in [0.1, 0.15) is 0 Å². The number of benzene rings is 1. The number of rotatable bonds is 3. The summed E-state index contributed by atoms with van der Waals surface area (Å²) >= 11 is 0. The molecule has 1 rings (SSSR count). The number of anilines is 1. The van der Waals surface area contributed by atoms with Crippen molar-refractivity contribution in [3.05, 3.63) is 33.9 Å². The standard InChI is InChI=1S/C7H9N3O3/c8-9-6-1-5(4-11)2-7(3-6)10(12)13/h1-3,9,11H,4,8H2. The largest absolute Gasteiger partial charge is 0.392 e. The Morgan fingerprint density at radius 1 is 1.54 bits per heavy atom. The lowest BCUT2D eigenvalue weighted by atomic mass is 10.2. The molecular formula is C7H9N3O3. The number of hydrogen-bond donors (Lipinski definition) is 3. The number of hydrazine groups is 1. The number of hydrogen-bond acceptors (Lipinski definition) is 5. The Balaban J connectivity index is 3.14. The van der Waals surface area contributed by atoms with Gasteiger partial charge >= 0.3 is 0 Å². The smallest absolute Gasteiger partial charge is 0.271 e. The summed E-state index contributed by atoms with van der Waals surface area (Å²) in [6.07, 6.45) is 0. The van der Waals surface area contributed by atoms with Crippen LogP contribution >= 0.6 is 0 Å². The van der Waals surface area contributed by atoms with Crippen molar-refractivity contribution in [3.63, 3.8) is 0 Å². The zero-order valence-electron chi connectivity index (χ0n) is 6.73. The first-order chi connectivity index (χ1) is 6.17. The highest BCUT2D eigenvalue weighted by molar-refractivity contribution is 5.53. The lowest BCUT2D eigenvalue weighted by Crippen LogP contribution is -2.07. The summed E-state index contributed by atoms with van der Waals surface area (Å²) in [5.41, 5.74) is 3.03. The molecule has 0 radical (unpaired) electrons. The average Bonchev–Trinajstić information content (AvgIpc) is 2.16. The van der Waals surface area contributed by atoms with E-state index < -0.39 is 4.92 Å². The molecule has 0 bridgehead atoms. The van der Waals surface area contributed by atoms with Crippen molar-refractivity contribution in [1.82, 2.24) is 0 Å². The van der Waals surface area contributed by atoms with Crippen LogP contribution in [0.3, 0.4) is 0 Å². The van der Waals surface area contributed by atoms with Crippen LogP contribution in [0.2, 0.25) is 0 Å². The van der Waals surface area contributed by atoms with E-state index in [9.17, 15) is 10.1 Å². The van der Waals surface area contributed by atoms with Gasteiger partial charge in [-0.15, -0.1) is 0 Å². The summed E-state index contributed by atoms with van der Waals surface area (Å²) in [5.74, 6) is 5.09. The van der Waals surface area contributed by atoms with Crippen molar-refractivity contribution >= 4 is 11.4 Å². The zero-order chi connectivity index (χ0) is 9.84. The van der Waals surface area contributed by atoms with Gasteiger partial charge in [0, 0.05) is 12.1 Å². The number of non-ortho nitro benzene ring substituents is 1. The highest BCUT2D eigenvalue weighted by atomic mass is 16.6. The molecule has 0 aromatic heterocycles. The van der Waals surface area contributed by atoms with Gasteiger partial charge in [-0.3, -0.25) is 16.0 Å². The van der Waals surface area contributed by atoms with E-state index in [1.807, 2.05) is 0 Å². The number of aliphatic hydroxyl groups is 1. The molecule has 0 amide bonds. The normalized spacial score (nSPS) is 9.69. The fourth-order valence-electron chi connectivity index (χ4n) is 0.954. The summed E-state index contributed by atoms with van der Waals surface area (Å²) in [4.78, 5) is 9.85. The topological polar surface area (TPSA) is 101 Å². The van der Waals surface area contributed by atoms with Crippen LogP contribution in [-0.4, -0.2) is 10.0 Å². The van der Waals surface area contributed by atoms with Crippen LogP contribution in [0.25, 0.3) is 0 Å². The molecular weight excluding hydrogens is 174 g/mol. The van der Waals surface area contributed by atoms with Crippen LogP contribution in [-0.2, 0) is 6.61 Å². The minimum atomic E-state index is -0.542. The fourth-order valence-corrected chi connectivity index (χ4v) is 0.954. The van der Waals surface area contributed by atoms with Crippen LogP contribution < -0.4 is 11.3 Å². The summed E-state index contributed by atoms with van der Waals surface area (Å²) in [5, 5.41) is 19.2. The van der Waals surface area contributed by atoms with Gasteiger partial charge in [-0.2, -0.15) is 0 Å². The Morgan fingerprint density at radius 2 is 2.23 bits per heavy atom. The van der Waals surface area contributed by atoms with Gasteiger partial charge in [0.05, 0.1) is 17.2 Å². The van der Waals surface area contributed by atoms with Crippen molar-refractivity contribution in [2.75, 3.05) is 5.43 Å². The summed E-state index contributed by atoms with van der Waals surface area (Å²) in [6.45, 7) is -0.254. The molecule has 0 spiro atoms. The maximum atomic E-state index is 10.4. The maximum Gasteiger partial charge on any atom is 0.271 e. The van der Waals surface area contributed by atoms with Crippen LogP contribution in [0.1, 0.15) is 5.56 Å². The monoisotopic (exact) mass is 183 g/mol. The molecule has 1 aromatic rings. The predicted molar refractivity (Wildman–Crippen MR) is 46.8 cm³/mol. The third-order valence-corrected chi connectivity index (χ3v) is 1.54. The van der Waals surface area contributed by atoms with E-state index in [2.05, 4.69) is 5.43 Å². The molecule has 70 valence electrons. The van der Waals surface area contributed by atoms with E-state index in [1.165, 1.54) is 18.2 Å². The molecule has 0 atom stereocenters. The molecule has 6 nitrogen and oxygen atoms in total. The average molecular weight is 183 g/mol. The predicted octanol–water partition coefficient (Wildman–Crippen LogP) is 0.373. The Labute approximate surface area is 74.1 Å². The van der Waals surface area contributed by atoms with Crippen molar-refractivity contribution < 1.29 is 10.0 Å². The quantitative estimate of drug-likeness (QED) is 0.357. The highest BCUT2D eigenvalue weighted by Crippen LogP contribution is 2.19. The third-order valence-electron chi connectivity index (χ3n) is 1.54. The van der Waals surface area contributed by atoms with Gasteiger partial charge in [0.2, 0.25) is 0 Å². The maximum absolute atomic E-state index is 10.4. The first kappa shape index (κ1) is 9.43. The van der Waals surface area contributed by atoms with Crippen molar-refractivity contribution in [2.24, 2.45) is 5.84 Å². The van der Waals surface area contributed by atoms with Gasteiger partial charge in [-0.1, -0.05) is 0 Å². The van der Waals surface area contributed by atoms with E-state index in [1.54, 1.807) is 0 Å². The Hall–Kier alpha value is -1.66. The van der Waals surface area contributed by atoms with Crippen molar-refractivity contribution in [2.45, 2.75) is 6.61 Å². The van der Waals surface area contributed by atoms with E-state index in [0.717, 1.165) is 0 Å². The number of nitro benzene ring substituents is 1. The van der Waals surface area contributed by atoms with Gasteiger partial charge in [-0.25, -0.2) is 0 Å². The molecule has 0 saturated carbocycles. The van der Waals surface area contributed by atoms with E-state index in [0.29, 0.717) is 11.3 Å². The van der Waals surface area contributed by atoms with Gasteiger partial charge < -0.3 is 10.5 Å². The molecule has 0 saturated heterocycles. The first-order valence-corrected chi connectivity index (χ1v) is 3.53. The van der Waals surface area contributed by atoms with Crippen LogP contribution in [0, 0.1) is 10.1 Å². The fraction of sp³-hybridized carbons (Fsp3) is 0.143. The first-order valence-electron chi connectivity index (χ1n) is 3.53. The number of aliphatic hydroxyl groups excluding tert-OH is 1.